The molecule has 0 saturated carbocycles. The van der Waals surface area contributed by atoms with E-state index in [1.165, 1.54) is 0 Å². The molecule has 0 radical (unpaired) electrons. The summed E-state index contributed by atoms with van der Waals surface area (Å²) < 4.78 is 0. The van der Waals surface area contributed by atoms with Crippen LogP contribution in [0.15, 0.2) is 4.99 Å². The highest BCUT2D eigenvalue weighted by Crippen LogP contribution is 2.21. The number of amides is 1. The second-order valence-corrected chi connectivity index (χ2v) is 7.87. The van der Waals surface area contributed by atoms with E-state index in [4.69, 9.17) is 0 Å². The highest BCUT2D eigenvalue weighted by atomic mass is 16.2. The van der Waals surface area contributed by atoms with Gasteiger partial charge in [0.15, 0.2) is 5.96 Å². The Bertz CT molecular complexity index is 350. The Morgan fingerprint density at radius 2 is 1.71 bits per heavy atom. The zero-order chi connectivity index (χ0) is 16.7. The first-order valence-corrected chi connectivity index (χ1v) is 7.71. The molecule has 0 aliphatic heterocycles. The lowest BCUT2D eigenvalue weighted by Gasteiger charge is -2.24. The minimum absolute atomic E-state index is 0.0344. The second-order valence-electron chi connectivity index (χ2n) is 7.87. The Kier molecular flexibility index (Phi) is 7.75. The zero-order valence-electron chi connectivity index (χ0n) is 15.1. The van der Waals surface area contributed by atoms with Crippen molar-refractivity contribution in [1.82, 2.24) is 16.0 Å². The molecule has 3 N–H and O–H groups in total. The van der Waals surface area contributed by atoms with E-state index in [1.54, 1.807) is 7.05 Å². The third-order valence-electron chi connectivity index (χ3n) is 2.86. The van der Waals surface area contributed by atoms with Gasteiger partial charge in [0.05, 0.1) is 6.54 Å². The van der Waals surface area contributed by atoms with E-state index < -0.39 is 0 Å². The van der Waals surface area contributed by atoms with Crippen molar-refractivity contribution in [2.24, 2.45) is 10.4 Å². The molecule has 21 heavy (non-hydrogen) atoms. The van der Waals surface area contributed by atoms with E-state index in [2.05, 4.69) is 48.6 Å². The Hall–Kier alpha value is -1.26. The SMILES string of the molecule is CN=C(NCC(=O)NC(C)(C)C)NC(C)CCC(C)(C)C. The van der Waals surface area contributed by atoms with Crippen molar-refractivity contribution >= 4 is 11.9 Å². The highest BCUT2D eigenvalue weighted by molar-refractivity contribution is 5.86. The van der Waals surface area contributed by atoms with Gasteiger partial charge in [-0.1, -0.05) is 20.8 Å². The lowest BCUT2D eigenvalue weighted by atomic mass is 9.89. The highest BCUT2D eigenvalue weighted by Gasteiger charge is 2.15. The number of nitrogens with zero attached hydrogens (tertiary/aromatic N) is 1. The number of guanidine groups is 1. The molecule has 1 unspecified atom stereocenters. The fourth-order valence-corrected chi connectivity index (χ4v) is 1.78. The van der Waals surface area contributed by atoms with E-state index in [1.807, 2.05) is 20.8 Å². The maximum absolute atomic E-state index is 11.8. The number of hydrogen-bond acceptors (Lipinski definition) is 2. The van der Waals surface area contributed by atoms with Gasteiger partial charge >= 0.3 is 0 Å². The third-order valence-corrected chi connectivity index (χ3v) is 2.86. The predicted octanol–water partition coefficient (Wildman–Crippen LogP) is 2.28. The van der Waals surface area contributed by atoms with Gasteiger partial charge in [0.2, 0.25) is 5.91 Å². The van der Waals surface area contributed by atoms with E-state index in [0.29, 0.717) is 17.4 Å². The first-order valence-electron chi connectivity index (χ1n) is 7.71. The predicted molar refractivity (Wildman–Crippen MR) is 90.5 cm³/mol. The molecule has 1 atom stereocenters. The second kappa shape index (κ2) is 8.25. The standard InChI is InChI=1S/C16H34N4O/c1-12(9-10-15(2,3)4)19-14(17-8)18-11-13(21)20-16(5,6)7/h12H,9-11H2,1-8H3,(H,20,21)(H2,17,18,19). The Labute approximate surface area is 130 Å². The molecule has 0 heterocycles. The van der Waals surface area contributed by atoms with Gasteiger partial charge in [-0.25, -0.2) is 0 Å². The van der Waals surface area contributed by atoms with Crippen LogP contribution in [0.4, 0.5) is 0 Å². The number of rotatable bonds is 5. The van der Waals surface area contributed by atoms with Gasteiger partial charge in [0.25, 0.3) is 0 Å². The molecule has 0 rings (SSSR count). The topological polar surface area (TPSA) is 65.5 Å². The van der Waals surface area contributed by atoms with Crippen LogP contribution in [0, 0.1) is 5.41 Å². The van der Waals surface area contributed by atoms with Crippen LogP contribution in [0.3, 0.4) is 0 Å². The first-order chi connectivity index (χ1) is 9.43. The average molecular weight is 298 g/mol. The summed E-state index contributed by atoms with van der Waals surface area (Å²) in [5.41, 5.74) is 0.120. The minimum atomic E-state index is -0.213. The molecule has 0 spiro atoms. The lowest BCUT2D eigenvalue weighted by molar-refractivity contribution is -0.121. The number of aliphatic imine (C=N–C) groups is 1. The molecular weight excluding hydrogens is 264 g/mol. The van der Waals surface area contributed by atoms with Crippen molar-refractivity contribution in [3.05, 3.63) is 0 Å². The van der Waals surface area contributed by atoms with Crippen LogP contribution in [0.1, 0.15) is 61.3 Å². The average Bonchev–Trinajstić information content (AvgIpc) is 2.28. The van der Waals surface area contributed by atoms with Crippen LogP contribution in [-0.4, -0.2) is 37.0 Å². The summed E-state index contributed by atoms with van der Waals surface area (Å²) in [6.07, 6.45) is 2.21. The molecule has 0 aliphatic carbocycles. The smallest absolute Gasteiger partial charge is 0.239 e. The van der Waals surface area contributed by atoms with Gasteiger partial charge in [0, 0.05) is 18.6 Å². The molecule has 0 bridgehead atoms. The van der Waals surface area contributed by atoms with Crippen LogP contribution in [-0.2, 0) is 4.79 Å². The van der Waals surface area contributed by atoms with Crippen LogP contribution < -0.4 is 16.0 Å². The molecule has 1 amide bonds. The summed E-state index contributed by atoms with van der Waals surface area (Å²) in [5, 5.41) is 9.28. The first kappa shape index (κ1) is 19.7. The normalized spacial score (nSPS) is 14.6. The largest absolute Gasteiger partial charge is 0.354 e. The zero-order valence-corrected chi connectivity index (χ0v) is 15.1. The molecule has 0 aliphatic rings. The summed E-state index contributed by atoms with van der Waals surface area (Å²) in [4.78, 5) is 15.9. The molecule has 5 nitrogen and oxygen atoms in total. The maximum Gasteiger partial charge on any atom is 0.239 e. The van der Waals surface area contributed by atoms with E-state index in [9.17, 15) is 4.79 Å². The van der Waals surface area contributed by atoms with Crippen molar-refractivity contribution in [2.75, 3.05) is 13.6 Å². The van der Waals surface area contributed by atoms with Crippen LogP contribution in [0.2, 0.25) is 0 Å². The van der Waals surface area contributed by atoms with Crippen molar-refractivity contribution in [1.29, 1.82) is 0 Å². The van der Waals surface area contributed by atoms with Crippen LogP contribution in [0.25, 0.3) is 0 Å². The fourth-order valence-electron chi connectivity index (χ4n) is 1.78. The molecule has 0 fully saturated rings. The molecule has 0 aromatic heterocycles. The van der Waals surface area contributed by atoms with Gasteiger partial charge in [-0.15, -0.1) is 0 Å². The van der Waals surface area contributed by atoms with Gasteiger partial charge in [-0.3, -0.25) is 9.79 Å². The summed E-state index contributed by atoms with van der Waals surface area (Å²) in [5.74, 6) is 0.633. The van der Waals surface area contributed by atoms with Crippen molar-refractivity contribution in [2.45, 2.75) is 72.9 Å². The van der Waals surface area contributed by atoms with Crippen molar-refractivity contribution in [3.63, 3.8) is 0 Å². The Morgan fingerprint density at radius 1 is 1.14 bits per heavy atom. The number of carbonyl (C=O) groups is 1. The fraction of sp³-hybridized carbons (Fsp3) is 0.875. The molecule has 124 valence electrons. The molecule has 5 heteroatoms. The Balaban J connectivity index is 4.15. The van der Waals surface area contributed by atoms with Gasteiger partial charge in [-0.05, 0) is 46.0 Å². The summed E-state index contributed by atoms with van der Waals surface area (Å²) in [6, 6.07) is 0.320. The molecule has 0 saturated heterocycles. The number of hydrogen-bond donors (Lipinski definition) is 3. The van der Waals surface area contributed by atoms with Gasteiger partial charge in [0.1, 0.15) is 0 Å². The molecule has 0 aromatic rings. The van der Waals surface area contributed by atoms with Crippen molar-refractivity contribution < 1.29 is 4.79 Å². The van der Waals surface area contributed by atoms with E-state index in [0.717, 1.165) is 12.8 Å². The lowest BCUT2D eigenvalue weighted by Crippen LogP contribution is -2.49. The van der Waals surface area contributed by atoms with Gasteiger partial charge in [-0.2, -0.15) is 0 Å². The number of nitrogens with one attached hydrogen (secondary N) is 3. The van der Waals surface area contributed by atoms with Crippen molar-refractivity contribution in [3.8, 4) is 0 Å². The Morgan fingerprint density at radius 3 is 2.14 bits per heavy atom. The summed E-state index contributed by atoms with van der Waals surface area (Å²) in [7, 11) is 1.72. The van der Waals surface area contributed by atoms with E-state index in [-0.39, 0.29) is 18.0 Å². The van der Waals surface area contributed by atoms with Gasteiger partial charge < -0.3 is 16.0 Å². The van der Waals surface area contributed by atoms with Crippen LogP contribution >= 0.6 is 0 Å². The summed E-state index contributed by atoms with van der Waals surface area (Å²) >= 11 is 0. The molecular formula is C16H34N4O. The minimum Gasteiger partial charge on any atom is -0.354 e. The van der Waals surface area contributed by atoms with Crippen LogP contribution in [0.5, 0.6) is 0 Å². The summed E-state index contributed by atoms with van der Waals surface area (Å²) in [6.45, 7) is 15.0. The van der Waals surface area contributed by atoms with E-state index >= 15 is 0 Å². The monoisotopic (exact) mass is 298 g/mol. The number of carbonyl (C=O) groups excluding carboxylic acids is 1. The quantitative estimate of drug-likeness (QED) is 0.539. The third kappa shape index (κ3) is 12.2. The molecule has 0 aromatic carbocycles. The maximum atomic E-state index is 11.8.